The molecule has 0 unspecified atom stereocenters. The summed E-state index contributed by atoms with van der Waals surface area (Å²) in [6, 6.07) is 9.22. The van der Waals surface area contributed by atoms with E-state index in [0.29, 0.717) is 5.75 Å². The summed E-state index contributed by atoms with van der Waals surface area (Å²) in [5.41, 5.74) is 2.20. The topological polar surface area (TPSA) is 32.3 Å². The molecule has 2 nitrogen and oxygen atoms in total. The summed E-state index contributed by atoms with van der Waals surface area (Å²) >= 11 is 1.69. The van der Waals surface area contributed by atoms with Crippen molar-refractivity contribution in [2.75, 3.05) is 5.32 Å². The number of thiophene rings is 1. The van der Waals surface area contributed by atoms with Crippen LogP contribution in [0.4, 0.5) is 5.69 Å². The summed E-state index contributed by atoms with van der Waals surface area (Å²) in [5.74, 6) is 0.292. The Morgan fingerprint density at radius 1 is 1.29 bits per heavy atom. The second-order valence-corrected chi connectivity index (χ2v) is 3.82. The molecule has 0 aliphatic rings. The standard InChI is InChI=1S/C11H11NOS/c13-11-3-1-2-10(6-11)12-7-9-4-5-14-8-9/h1-6,8,12-13H,7H2. The monoisotopic (exact) mass is 205 g/mol. The van der Waals surface area contributed by atoms with Crippen LogP contribution in [0.3, 0.4) is 0 Å². The molecule has 14 heavy (non-hydrogen) atoms. The number of rotatable bonds is 3. The van der Waals surface area contributed by atoms with Crippen molar-refractivity contribution in [2.24, 2.45) is 0 Å². The van der Waals surface area contributed by atoms with Crippen LogP contribution in [-0.4, -0.2) is 5.11 Å². The van der Waals surface area contributed by atoms with Gasteiger partial charge in [-0.05, 0) is 34.5 Å². The van der Waals surface area contributed by atoms with Crippen molar-refractivity contribution in [1.29, 1.82) is 0 Å². The van der Waals surface area contributed by atoms with Crippen molar-refractivity contribution in [3.8, 4) is 5.75 Å². The first-order chi connectivity index (χ1) is 6.84. The molecule has 0 atom stereocenters. The van der Waals surface area contributed by atoms with Gasteiger partial charge in [0.2, 0.25) is 0 Å². The van der Waals surface area contributed by atoms with Crippen LogP contribution >= 0.6 is 11.3 Å². The van der Waals surface area contributed by atoms with E-state index in [1.54, 1.807) is 23.5 Å². The first-order valence-corrected chi connectivity index (χ1v) is 5.33. The van der Waals surface area contributed by atoms with Crippen molar-refractivity contribution < 1.29 is 5.11 Å². The predicted molar refractivity (Wildman–Crippen MR) is 59.8 cm³/mol. The van der Waals surface area contributed by atoms with Crippen molar-refractivity contribution in [3.63, 3.8) is 0 Å². The number of phenols is 1. The zero-order valence-electron chi connectivity index (χ0n) is 7.60. The van der Waals surface area contributed by atoms with E-state index in [1.165, 1.54) is 5.56 Å². The molecule has 1 heterocycles. The van der Waals surface area contributed by atoms with Gasteiger partial charge < -0.3 is 10.4 Å². The van der Waals surface area contributed by atoms with E-state index in [-0.39, 0.29) is 0 Å². The lowest BCUT2D eigenvalue weighted by Crippen LogP contribution is -1.97. The number of phenolic OH excluding ortho intramolecular Hbond substituents is 1. The number of hydrogen-bond donors (Lipinski definition) is 2. The third-order valence-electron chi connectivity index (χ3n) is 1.92. The maximum absolute atomic E-state index is 9.23. The molecule has 0 aliphatic carbocycles. The maximum Gasteiger partial charge on any atom is 0.117 e. The molecule has 0 bridgehead atoms. The minimum absolute atomic E-state index is 0.292. The lowest BCUT2D eigenvalue weighted by Gasteiger charge is -2.04. The normalized spacial score (nSPS) is 10.0. The first kappa shape index (κ1) is 9.09. The molecule has 1 aromatic heterocycles. The molecule has 2 N–H and O–H groups in total. The van der Waals surface area contributed by atoms with Gasteiger partial charge in [0.1, 0.15) is 5.75 Å². The molecular weight excluding hydrogens is 194 g/mol. The van der Waals surface area contributed by atoms with Crippen LogP contribution in [-0.2, 0) is 6.54 Å². The van der Waals surface area contributed by atoms with E-state index >= 15 is 0 Å². The van der Waals surface area contributed by atoms with Gasteiger partial charge in [-0.2, -0.15) is 11.3 Å². The van der Waals surface area contributed by atoms with E-state index in [0.717, 1.165) is 12.2 Å². The Balaban J connectivity index is 1.98. The van der Waals surface area contributed by atoms with Gasteiger partial charge in [0.15, 0.2) is 0 Å². The number of hydrogen-bond acceptors (Lipinski definition) is 3. The van der Waals surface area contributed by atoms with Crippen LogP contribution in [0.25, 0.3) is 0 Å². The fraction of sp³-hybridized carbons (Fsp3) is 0.0909. The van der Waals surface area contributed by atoms with Gasteiger partial charge in [-0.25, -0.2) is 0 Å². The summed E-state index contributed by atoms with van der Waals surface area (Å²) in [6.07, 6.45) is 0. The Morgan fingerprint density at radius 2 is 2.21 bits per heavy atom. The molecule has 3 heteroatoms. The van der Waals surface area contributed by atoms with Crippen LogP contribution in [0.5, 0.6) is 5.75 Å². The summed E-state index contributed by atoms with van der Waals surface area (Å²) in [7, 11) is 0. The SMILES string of the molecule is Oc1cccc(NCc2ccsc2)c1. The average molecular weight is 205 g/mol. The highest BCUT2D eigenvalue weighted by Gasteiger charge is 1.94. The second kappa shape index (κ2) is 4.15. The molecule has 0 saturated heterocycles. The predicted octanol–water partition coefficient (Wildman–Crippen LogP) is 3.07. The fourth-order valence-corrected chi connectivity index (χ4v) is 1.88. The molecule has 0 spiro atoms. The molecule has 0 radical (unpaired) electrons. The smallest absolute Gasteiger partial charge is 0.117 e. The fourth-order valence-electron chi connectivity index (χ4n) is 1.21. The Hall–Kier alpha value is -1.48. The lowest BCUT2D eigenvalue weighted by molar-refractivity contribution is 0.475. The van der Waals surface area contributed by atoms with Crippen LogP contribution in [0.1, 0.15) is 5.56 Å². The molecule has 2 rings (SSSR count). The third-order valence-corrected chi connectivity index (χ3v) is 2.65. The minimum Gasteiger partial charge on any atom is -0.508 e. The van der Waals surface area contributed by atoms with Crippen LogP contribution in [0.15, 0.2) is 41.1 Å². The average Bonchev–Trinajstić information content (AvgIpc) is 2.67. The Labute approximate surface area is 86.8 Å². The van der Waals surface area contributed by atoms with Crippen molar-refractivity contribution in [1.82, 2.24) is 0 Å². The van der Waals surface area contributed by atoms with Crippen LogP contribution in [0, 0.1) is 0 Å². The second-order valence-electron chi connectivity index (χ2n) is 3.04. The van der Waals surface area contributed by atoms with E-state index in [9.17, 15) is 5.11 Å². The summed E-state index contributed by atoms with van der Waals surface area (Å²) < 4.78 is 0. The molecule has 1 aromatic carbocycles. The van der Waals surface area contributed by atoms with Crippen LogP contribution in [0.2, 0.25) is 0 Å². The molecule has 72 valence electrons. The van der Waals surface area contributed by atoms with Crippen molar-refractivity contribution in [2.45, 2.75) is 6.54 Å². The van der Waals surface area contributed by atoms with Gasteiger partial charge in [-0.15, -0.1) is 0 Å². The zero-order valence-corrected chi connectivity index (χ0v) is 8.42. The van der Waals surface area contributed by atoms with E-state index in [4.69, 9.17) is 0 Å². The van der Waals surface area contributed by atoms with Crippen molar-refractivity contribution in [3.05, 3.63) is 46.7 Å². The van der Waals surface area contributed by atoms with Gasteiger partial charge >= 0.3 is 0 Å². The highest BCUT2D eigenvalue weighted by atomic mass is 32.1. The molecular formula is C11H11NOS. The van der Waals surface area contributed by atoms with Gasteiger partial charge in [-0.3, -0.25) is 0 Å². The number of benzene rings is 1. The number of aromatic hydroxyl groups is 1. The minimum atomic E-state index is 0.292. The quantitative estimate of drug-likeness (QED) is 0.807. The number of anilines is 1. The third kappa shape index (κ3) is 2.26. The maximum atomic E-state index is 9.23. The van der Waals surface area contributed by atoms with Crippen LogP contribution < -0.4 is 5.32 Å². The van der Waals surface area contributed by atoms with Gasteiger partial charge in [0.25, 0.3) is 0 Å². The molecule has 2 aromatic rings. The van der Waals surface area contributed by atoms with E-state index in [2.05, 4.69) is 22.1 Å². The Bertz CT molecular complexity index is 397. The zero-order chi connectivity index (χ0) is 9.80. The van der Waals surface area contributed by atoms with E-state index < -0.39 is 0 Å². The molecule has 0 fully saturated rings. The Kier molecular flexibility index (Phi) is 2.70. The highest BCUT2D eigenvalue weighted by molar-refractivity contribution is 7.07. The lowest BCUT2D eigenvalue weighted by atomic mass is 10.3. The Morgan fingerprint density at radius 3 is 2.93 bits per heavy atom. The largest absolute Gasteiger partial charge is 0.508 e. The number of nitrogens with one attached hydrogen (secondary N) is 1. The van der Waals surface area contributed by atoms with Gasteiger partial charge in [0.05, 0.1) is 0 Å². The van der Waals surface area contributed by atoms with Gasteiger partial charge in [-0.1, -0.05) is 6.07 Å². The molecule has 0 saturated carbocycles. The highest BCUT2D eigenvalue weighted by Crippen LogP contribution is 2.16. The summed E-state index contributed by atoms with van der Waals surface area (Å²) in [4.78, 5) is 0. The molecule has 0 aliphatic heterocycles. The summed E-state index contributed by atoms with van der Waals surface area (Å²) in [5, 5.41) is 16.6. The first-order valence-electron chi connectivity index (χ1n) is 4.38. The summed E-state index contributed by atoms with van der Waals surface area (Å²) in [6.45, 7) is 0.799. The van der Waals surface area contributed by atoms with Gasteiger partial charge in [0, 0.05) is 18.3 Å². The van der Waals surface area contributed by atoms with Crippen molar-refractivity contribution >= 4 is 17.0 Å². The molecule has 0 amide bonds. The van der Waals surface area contributed by atoms with E-state index in [1.807, 2.05) is 12.1 Å².